The lowest BCUT2D eigenvalue weighted by molar-refractivity contribution is -0.123. The maximum atomic E-state index is 12.6. The molecule has 3 rings (SSSR count). The van der Waals surface area contributed by atoms with E-state index in [0.29, 0.717) is 19.3 Å². The molecule has 1 aliphatic heterocycles. The molecule has 0 N–H and O–H groups in total. The van der Waals surface area contributed by atoms with Crippen molar-refractivity contribution in [1.82, 2.24) is 0 Å². The quantitative estimate of drug-likeness (QED) is 0.840. The Bertz CT molecular complexity index is 618. The number of rotatable bonds is 2. The standard InChI is InChI=1S/C16H20O3S/c17-16(15-7-3-4-10-20(15,18)19)14-9-8-12-5-1-2-6-13(12)11-14/h1-2,5-6,14-15H,3-4,7-11H2. The molecule has 1 aromatic rings. The largest absolute Gasteiger partial charge is 0.298 e. The van der Waals surface area contributed by atoms with Crippen LogP contribution in [0.4, 0.5) is 0 Å². The highest BCUT2D eigenvalue weighted by Gasteiger charge is 2.38. The van der Waals surface area contributed by atoms with Crippen molar-refractivity contribution in [2.45, 2.75) is 43.8 Å². The van der Waals surface area contributed by atoms with Crippen molar-refractivity contribution in [3.8, 4) is 0 Å². The predicted molar refractivity (Wildman–Crippen MR) is 78.4 cm³/mol. The van der Waals surface area contributed by atoms with Crippen molar-refractivity contribution in [1.29, 1.82) is 0 Å². The second kappa shape index (κ2) is 5.32. The van der Waals surface area contributed by atoms with Crippen molar-refractivity contribution in [3.63, 3.8) is 0 Å². The molecule has 1 saturated heterocycles. The lowest BCUT2D eigenvalue weighted by atomic mass is 9.80. The normalized spacial score (nSPS) is 28.6. The summed E-state index contributed by atoms with van der Waals surface area (Å²) in [4.78, 5) is 12.6. The smallest absolute Gasteiger partial charge is 0.160 e. The Balaban J connectivity index is 1.79. The summed E-state index contributed by atoms with van der Waals surface area (Å²) in [5.41, 5.74) is 2.52. The number of carbonyl (C=O) groups excluding carboxylic acids is 1. The minimum absolute atomic E-state index is 0.0285. The molecular weight excluding hydrogens is 272 g/mol. The SMILES string of the molecule is O=C(C1CCc2ccccc2C1)C1CCCCS1(=O)=O. The lowest BCUT2D eigenvalue weighted by Crippen LogP contribution is -2.40. The molecule has 0 aromatic heterocycles. The molecule has 2 aliphatic rings. The van der Waals surface area contributed by atoms with Crippen molar-refractivity contribution in [2.75, 3.05) is 5.75 Å². The van der Waals surface area contributed by atoms with Crippen LogP contribution in [0.1, 0.15) is 36.8 Å². The Hall–Kier alpha value is -1.16. The van der Waals surface area contributed by atoms with Gasteiger partial charge in [0.1, 0.15) is 5.25 Å². The first-order valence-electron chi connectivity index (χ1n) is 7.40. The second-order valence-corrected chi connectivity index (χ2v) is 8.27. The van der Waals surface area contributed by atoms with Crippen LogP contribution in [0, 0.1) is 5.92 Å². The van der Waals surface area contributed by atoms with Crippen LogP contribution in [0.5, 0.6) is 0 Å². The van der Waals surface area contributed by atoms with Gasteiger partial charge in [0.25, 0.3) is 0 Å². The minimum atomic E-state index is -3.20. The monoisotopic (exact) mass is 292 g/mol. The van der Waals surface area contributed by atoms with Crippen LogP contribution in [0.3, 0.4) is 0 Å². The Morgan fingerprint density at radius 3 is 2.55 bits per heavy atom. The van der Waals surface area contributed by atoms with Gasteiger partial charge in [-0.3, -0.25) is 4.79 Å². The number of Topliss-reactive ketones (excluding diaryl/α,β-unsaturated/α-hetero) is 1. The molecule has 20 heavy (non-hydrogen) atoms. The van der Waals surface area contributed by atoms with E-state index in [4.69, 9.17) is 0 Å². The van der Waals surface area contributed by atoms with E-state index in [1.807, 2.05) is 12.1 Å². The van der Waals surface area contributed by atoms with Crippen LogP contribution in [-0.2, 0) is 27.5 Å². The first kappa shape index (κ1) is 13.8. The molecule has 2 atom stereocenters. The molecule has 1 aliphatic carbocycles. The van der Waals surface area contributed by atoms with Gasteiger partial charge in [-0.25, -0.2) is 8.42 Å². The van der Waals surface area contributed by atoms with Crippen LogP contribution in [0.25, 0.3) is 0 Å². The van der Waals surface area contributed by atoms with Gasteiger partial charge >= 0.3 is 0 Å². The summed E-state index contributed by atoms with van der Waals surface area (Å²) in [5, 5.41) is -0.730. The summed E-state index contributed by atoms with van der Waals surface area (Å²) in [6.07, 6.45) is 4.49. The minimum Gasteiger partial charge on any atom is -0.298 e. The molecule has 0 bridgehead atoms. The molecule has 108 valence electrons. The molecule has 4 heteroatoms. The number of benzene rings is 1. The molecule has 0 amide bonds. The van der Waals surface area contributed by atoms with E-state index in [2.05, 4.69) is 12.1 Å². The van der Waals surface area contributed by atoms with Gasteiger partial charge in [-0.2, -0.15) is 0 Å². The summed E-state index contributed by atoms with van der Waals surface area (Å²) >= 11 is 0. The summed E-state index contributed by atoms with van der Waals surface area (Å²) in [7, 11) is -3.20. The fourth-order valence-corrected chi connectivity index (χ4v) is 5.44. The zero-order valence-corrected chi connectivity index (χ0v) is 12.4. The van der Waals surface area contributed by atoms with Crippen LogP contribution >= 0.6 is 0 Å². The number of fused-ring (bicyclic) bond motifs is 1. The molecule has 1 aromatic carbocycles. The number of ketones is 1. The van der Waals surface area contributed by atoms with Gasteiger partial charge in [0.15, 0.2) is 15.6 Å². The van der Waals surface area contributed by atoms with Gasteiger partial charge in [0, 0.05) is 5.92 Å². The molecular formula is C16H20O3S. The first-order valence-corrected chi connectivity index (χ1v) is 9.11. The second-order valence-electron chi connectivity index (χ2n) is 5.96. The third-order valence-electron chi connectivity index (χ3n) is 4.65. The van der Waals surface area contributed by atoms with Gasteiger partial charge in [0.2, 0.25) is 0 Å². The van der Waals surface area contributed by atoms with Crippen LogP contribution < -0.4 is 0 Å². The molecule has 0 saturated carbocycles. The maximum absolute atomic E-state index is 12.6. The van der Waals surface area contributed by atoms with Gasteiger partial charge < -0.3 is 0 Å². The highest BCUT2D eigenvalue weighted by atomic mass is 32.2. The third-order valence-corrected chi connectivity index (χ3v) is 6.84. The summed E-state index contributed by atoms with van der Waals surface area (Å²) in [6.45, 7) is 0. The molecule has 1 fully saturated rings. The van der Waals surface area contributed by atoms with Gasteiger partial charge in [-0.05, 0) is 43.2 Å². The van der Waals surface area contributed by atoms with Crippen molar-refractivity contribution in [3.05, 3.63) is 35.4 Å². The zero-order valence-electron chi connectivity index (χ0n) is 11.5. The van der Waals surface area contributed by atoms with E-state index in [1.54, 1.807) is 0 Å². The number of carbonyl (C=O) groups is 1. The molecule has 0 spiro atoms. The Morgan fingerprint density at radius 2 is 1.80 bits per heavy atom. The number of hydrogen-bond acceptors (Lipinski definition) is 3. The molecule has 1 heterocycles. The molecule has 3 nitrogen and oxygen atoms in total. The average molecular weight is 292 g/mol. The van der Waals surface area contributed by atoms with Gasteiger partial charge in [-0.1, -0.05) is 30.7 Å². The average Bonchev–Trinajstić information content (AvgIpc) is 2.45. The molecule has 0 radical (unpaired) electrons. The van der Waals surface area contributed by atoms with E-state index in [-0.39, 0.29) is 17.5 Å². The summed E-state index contributed by atoms with van der Waals surface area (Å²) in [5.74, 6) is 0.0502. The Labute approximate surface area is 120 Å². The van der Waals surface area contributed by atoms with Crippen LogP contribution in [0.15, 0.2) is 24.3 Å². The maximum Gasteiger partial charge on any atom is 0.160 e. The Morgan fingerprint density at radius 1 is 1.05 bits per heavy atom. The van der Waals surface area contributed by atoms with Crippen LogP contribution in [0.2, 0.25) is 0 Å². The van der Waals surface area contributed by atoms with Crippen LogP contribution in [-0.4, -0.2) is 25.2 Å². The van der Waals surface area contributed by atoms with E-state index in [9.17, 15) is 13.2 Å². The summed E-state index contributed by atoms with van der Waals surface area (Å²) < 4.78 is 24.2. The number of sulfone groups is 1. The predicted octanol–water partition coefficient (Wildman–Crippen LogP) is 2.33. The number of aryl methyl sites for hydroxylation is 1. The fraction of sp³-hybridized carbons (Fsp3) is 0.562. The van der Waals surface area contributed by atoms with Crippen molar-refractivity contribution < 1.29 is 13.2 Å². The van der Waals surface area contributed by atoms with Gasteiger partial charge in [-0.15, -0.1) is 0 Å². The third kappa shape index (κ3) is 2.53. The van der Waals surface area contributed by atoms with Crippen molar-refractivity contribution in [2.24, 2.45) is 5.92 Å². The topological polar surface area (TPSA) is 51.2 Å². The van der Waals surface area contributed by atoms with Gasteiger partial charge in [0.05, 0.1) is 5.75 Å². The van der Waals surface area contributed by atoms with Crippen molar-refractivity contribution >= 4 is 15.6 Å². The van der Waals surface area contributed by atoms with E-state index < -0.39 is 15.1 Å². The van der Waals surface area contributed by atoms with E-state index >= 15 is 0 Å². The number of hydrogen-bond donors (Lipinski definition) is 0. The summed E-state index contributed by atoms with van der Waals surface area (Å²) in [6, 6.07) is 8.17. The van der Waals surface area contributed by atoms with E-state index in [0.717, 1.165) is 19.3 Å². The first-order chi connectivity index (χ1) is 9.58. The highest BCUT2D eigenvalue weighted by molar-refractivity contribution is 7.92. The highest BCUT2D eigenvalue weighted by Crippen LogP contribution is 2.30. The zero-order chi connectivity index (χ0) is 14.2. The fourth-order valence-electron chi connectivity index (χ4n) is 3.48. The van der Waals surface area contributed by atoms with E-state index in [1.165, 1.54) is 11.1 Å². The Kier molecular flexibility index (Phi) is 3.67. The molecule has 2 unspecified atom stereocenters. The lowest BCUT2D eigenvalue weighted by Gasteiger charge is -2.28.